The van der Waals surface area contributed by atoms with Gasteiger partial charge in [-0.25, -0.2) is 0 Å². The number of aromatic nitrogens is 4. The lowest BCUT2D eigenvalue weighted by Crippen LogP contribution is -2.49. The fourth-order valence-corrected chi connectivity index (χ4v) is 3.40. The van der Waals surface area contributed by atoms with Crippen molar-refractivity contribution in [2.45, 2.75) is 31.4 Å². The molecular formula is C17H21N5O3. The Balaban J connectivity index is 1.42. The first-order chi connectivity index (χ1) is 12.1. The second-order valence-corrected chi connectivity index (χ2v) is 6.73. The summed E-state index contributed by atoms with van der Waals surface area (Å²) < 4.78 is 12.5. The fourth-order valence-electron chi connectivity index (χ4n) is 3.40. The average molecular weight is 343 g/mol. The van der Waals surface area contributed by atoms with E-state index in [0.717, 1.165) is 30.9 Å². The number of piperidine rings is 1. The molecule has 0 aliphatic carbocycles. The number of nitrogens with zero attached hydrogens (tertiary/aromatic N) is 5. The Morgan fingerprint density at radius 2 is 2.28 bits per heavy atom. The molecule has 132 valence electrons. The normalized spacial score (nSPS) is 21.7. The Morgan fingerprint density at radius 3 is 3.04 bits per heavy atom. The van der Waals surface area contributed by atoms with Gasteiger partial charge in [-0.1, -0.05) is 5.16 Å². The topological polar surface area (TPSA) is 93.3 Å². The highest BCUT2D eigenvalue weighted by atomic mass is 16.5. The van der Waals surface area contributed by atoms with Crippen molar-refractivity contribution in [2.24, 2.45) is 7.05 Å². The van der Waals surface area contributed by atoms with E-state index >= 15 is 0 Å². The van der Waals surface area contributed by atoms with Gasteiger partial charge in [0.25, 0.3) is 0 Å². The van der Waals surface area contributed by atoms with Crippen LogP contribution in [0.4, 0.5) is 0 Å². The van der Waals surface area contributed by atoms with Crippen molar-refractivity contribution < 1.29 is 14.0 Å². The second-order valence-electron chi connectivity index (χ2n) is 6.73. The molecule has 0 aromatic carbocycles. The van der Waals surface area contributed by atoms with Crippen molar-refractivity contribution in [3.05, 3.63) is 42.3 Å². The molecule has 0 saturated carbocycles. The zero-order chi connectivity index (χ0) is 17.3. The molecular weight excluding hydrogens is 322 g/mol. The third-order valence-electron chi connectivity index (χ3n) is 4.64. The molecule has 25 heavy (non-hydrogen) atoms. The van der Waals surface area contributed by atoms with Crippen LogP contribution in [0.5, 0.6) is 0 Å². The third-order valence-corrected chi connectivity index (χ3v) is 4.64. The maximum absolute atomic E-state index is 11.0. The van der Waals surface area contributed by atoms with Crippen LogP contribution in [0.1, 0.15) is 24.4 Å². The van der Waals surface area contributed by atoms with Gasteiger partial charge in [0.15, 0.2) is 5.76 Å². The molecule has 1 unspecified atom stereocenters. The van der Waals surface area contributed by atoms with Crippen molar-refractivity contribution >= 4 is 0 Å². The summed E-state index contributed by atoms with van der Waals surface area (Å²) in [6, 6.07) is 5.54. The summed E-state index contributed by atoms with van der Waals surface area (Å²) >= 11 is 0. The molecule has 1 aliphatic heterocycles. The monoisotopic (exact) mass is 343 g/mol. The van der Waals surface area contributed by atoms with Crippen LogP contribution in [0.15, 0.2) is 39.7 Å². The molecule has 8 heteroatoms. The van der Waals surface area contributed by atoms with E-state index < -0.39 is 5.60 Å². The zero-order valence-electron chi connectivity index (χ0n) is 14.1. The van der Waals surface area contributed by atoms with Gasteiger partial charge >= 0.3 is 0 Å². The van der Waals surface area contributed by atoms with Gasteiger partial charge < -0.3 is 18.6 Å². The lowest BCUT2D eigenvalue weighted by molar-refractivity contribution is -0.0349. The first-order valence-corrected chi connectivity index (χ1v) is 8.38. The van der Waals surface area contributed by atoms with E-state index in [4.69, 9.17) is 8.94 Å². The van der Waals surface area contributed by atoms with Crippen LogP contribution >= 0.6 is 0 Å². The van der Waals surface area contributed by atoms with Crippen LogP contribution in [0.25, 0.3) is 11.5 Å². The molecule has 0 spiro atoms. The summed E-state index contributed by atoms with van der Waals surface area (Å²) in [6.07, 6.45) is 5.44. The van der Waals surface area contributed by atoms with Gasteiger partial charge in [-0.3, -0.25) is 4.90 Å². The van der Waals surface area contributed by atoms with Crippen molar-refractivity contribution in [1.29, 1.82) is 0 Å². The van der Waals surface area contributed by atoms with E-state index in [2.05, 4.69) is 20.3 Å². The molecule has 3 aromatic heterocycles. The van der Waals surface area contributed by atoms with Crippen LogP contribution in [0, 0.1) is 0 Å². The molecule has 4 rings (SSSR count). The molecule has 0 bridgehead atoms. The molecule has 3 aromatic rings. The number of aliphatic hydroxyl groups is 1. The zero-order valence-corrected chi connectivity index (χ0v) is 14.1. The van der Waals surface area contributed by atoms with Crippen LogP contribution in [-0.4, -0.2) is 48.6 Å². The van der Waals surface area contributed by atoms with Gasteiger partial charge in [-0.2, -0.15) is 0 Å². The highest BCUT2D eigenvalue weighted by Crippen LogP contribution is 2.27. The number of hydrogen-bond donors (Lipinski definition) is 1. The van der Waals surface area contributed by atoms with Crippen LogP contribution in [-0.2, 0) is 20.0 Å². The van der Waals surface area contributed by atoms with Gasteiger partial charge in [0.05, 0.1) is 17.6 Å². The van der Waals surface area contributed by atoms with Gasteiger partial charge in [0.2, 0.25) is 5.76 Å². The summed E-state index contributed by atoms with van der Waals surface area (Å²) in [7, 11) is 1.89. The molecule has 1 saturated heterocycles. The number of hydrogen-bond acceptors (Lipinski definition) is 7. The number of rotatable bonds is 5. The smallest absolute Gasteiger partial charge is 0.202 e. The van der Waals surface area contributed by atoms with Crippen LogP contribution < -0.4 is 0 Å². The summed E-state index contributed by atoms with van der Waals surface area (Å²) in [5.74, 6) is 2.08. The quantitative estimate of drug-likeness (QED) is 0.752. The molecule has 4 heterocycles. The number of furan rings is 1. The maximum Gasteiger partial charge on any atom is 0.202 e. The molecule has 1 fully saturated rings. The minimum atomic E-state index is -0.799. The Bertz CT molecular complexity index is 825. The molecule has 8 nitrogen and oxygen atoms in total. The van der Waals surface area contributed by atoms with Gasteiger partial charge in [-0.15, -0.1) is 10.2 Å². The van der Waals surface area contributed by atoms with Crippen molar-refractivity contribution in [3.8, 4) is 11.5 Å². The lowest BCUT2D eigenvalue weighted by Gasteiger charge is -2.38. The summed E-state index contributed by atoms with van der Waals surface area (Å²) in [5, 5.41) is 23.1. The second kappa shape index (κ2) is 6.45. The number of β-amino-alcohol motifs (C(OH)–C–C–N with tert-alkyl or cyclic N) is 1. The van der Waals surface area contributed by atoms with E-state index in [9.17, 15) is 5.11 Å². The molecule has 1 atom stereocenters. The summed E-state index contributed by atoms with van der Waals surface area (Å²) in [4.78, 5) is 2.20. The van der Waals surface area contributed by atoms with E-state index in [1.54, 1.807) is 12.6 Å². The summed E-state index contributed by atoms with van der Waals surface area (Å²) in [6.45, 7) is 2.12. The molecule has 0 radical (unpaired) electrons. The van der Waals surface area contributed by atoms with E-state index in [1.165, 1.54) is 0 Å². The lowest BCUT2D eigenvalue weighted by atomic mass is 9.89. The fraction of sp³-hybridized carbons (Fsp3) is 0.471. The van der Waals surface area contributed by atoms with Crippen LogP contribution in [0.2, 0.25) is 0 Å². The van der Waals surface area contributed by atoms with E-state index in [0.29, 0.717) is 31.0 Å². The molecule has 1 N–H and O–H groups in total. The SMILES string of the molecule is Cn1cnnc1CC1(O)CCCN(Cc2cc(-c3ccco3)on2)C1. The van der Waals surface area contributed by atoms with Gasteiger partial charge in [0.1, 0.15) is 12.2 Å². The highest BCUT2D eigenvalue weighted by Gasteiger charge is 2.35. The first kappa shape index (κ1) is 16.0. The average Bonchev–Trinajstić information content (AvgIpc) is 3.30. The Morgan fingerprint density at radius 1 is 1.36 bits per heavy atom. The van der Waals surface area contributed by atoms with Crippen LogP contribution in [0.3, 0.4) is 0 Å². The number of likely N-dealkylation sites (tertiary alicyclic amines) is 1. The predicted molar refractivity (Wildman–Crippen MR) is 88.4 cm³/mol. The summed E-state index contributed by atoms with van der Waals surface area (Å²) in [5.41, 5.74) is 0.0291. The molecule has 0 amide bonds. The van der Waals surface area contributed by atoms with Gasteiger partial charge in [-0.05, 0) is 31.5 Å². The Kier molecular flexibility index (Phi) is 4.14. The first-order valence-electron chi connectivity index (χ1n) is 8.38. The van der Waals surface area contributed by atoms with E-state index in [1.807, 2.05) is 29.8 Å². The Labute approximate surface area is 145 Å². The number of aryl methyl sites for hydroxylation is 1. The van der Waals surface area contributed by atoms with Crippen molar-refractivity contribution in [3.63, 3.8) is 0 Å². The molecule has 1 aliphatic rings. The largest absolute Gasteiger partial charge is 0.461 e. The minimum absolute atomic E-state index is 0.496. The Hall–Kier alpha value is -2.45. The van der Waals surface area contributed by atoms with E-state index in [-0.39, 0.29) is 0 Å². The minimum Gasteiger partial charge on any atom is -0.461 e. The standard InChI is InChI=1S/C17H21N5O3/c1-21-12-18-19-16(21)9-17(23)5-3-6-22(11-17)10-13-8-15(25-20-13)14-4-2-7-24-14/h2,4,7-8,12,23H,3,5-6,9-11H2,1H3. The predicted octanol–water partition coefficient (Wildman–Crippen LogP) is 1.63. The van der Waals surface area contributed by atoms with Crippen molar-refractivity contribution in [1.82, 2.24) is 24.8 Å². The maximum atomic E-state index is 11.0. The highest BCUT2D eigenvalue weighted by molar-refractivity contribution is 5.49. The third kappa shape index (κ3) is 3.49. The van der Waals surface area contributed by atoms with Gasteiger partial charge in [0, 0.05) is 32.6 Å². The van der Waals surface area contributed by atoms with Crippen molar-refractivity contribution in [2.75, 3.05) is 13.1 Å².